The fraction of sp³-hybridized carbons (Fsp3) is 0.143. The van der Waals surface area contributed by atoms with Gasteiger partial charge in [-0.05, 0) is 48.0 Å². The van der Waals surface area contributed by atoms with Gasteiger partial charge in [0.15, 0.2) is 9.84 Å². The summed E-state index contributed by atoms with van der Waals surface area (Å²) < 4.78 is 31.6. The quantitative estimate of drug-likeness (QED) is 0.663. The minimum absolute atomic E-state index is 0.0756. The Hall–Kier alpha value is -3.19. The minimum Gasteiger partial charge on any atom is -0.497 e. The van der Waals surface area contributed by atoms with Crippen LogP contribution in [0.5, 0.6) is 5.75 Å². The molecule has 1 atom stereocenters. The largest absolute Gasteiger partial charge is 0.497 e. The summed E-state index contributed by atoms with van der Waals surface area (Å²) in [5.74, 6) is 0.230. The number of amides is 1. The predicted molar refractivity (Wildman–Crippen MR) is 106 cm³/mol. The molecule has 3 aromatic rings. The number of sulfone groups is 1. The van der Waals surface area contributed by atoms with Crippen LogP contribution >= 0.6 is 0 Å². The van der Waals surface area contributed by atoms with Crippen LogP contribution in [-0.2, 0) is 9.84 Å². The van der Waals surface area contributed by atoms with Gasteiger partial charge in [0.05, 0.1) is 12.0 Å². The van der Waals surface area contributed by atoms with Gasteiger partial charge in [0.1, 0.15) is 11.0 Å². The normalized spacial score (nSPS) is 12.2. The molecule has 3 rings (SSSR count). The monoisotopic (exact) mass is 396 g/mol. The fourth-order valence-corrected chi connectivity index (χ4v) is 4.42. The standard InChI is InChI=1S/C21H20N2O4S/c1-27-18-9-11-19(12-10-18)28(25,26)20(17-8-5-13-22-14-17)15-23-21(24)16-6-3-2-4-7-16/h2-14,20H,15H2,1H3,(H,23,24). The van der Waals surface area contributed by atoms with Crippen LogP contribution in [-0.4, -0.2) is 33.0 Å². The number of benzene rings is 2. The highest BCUT2D eigenvalue weighted by Gasteiger charge is 2.30. The van der Waals surface area contributed by atoms with E-state index in [1.807, 2.05) is 6.07 Å². The number of pyridine rings is 1. The average molecular weight is 396 g/mol. The highest BCUT2D eigenvalue weighted by atomic mass is 32.2. The molecule has 0 aliphatic carbocycles. The predicted octanol–water partition coefficient (Wildman–Crippen LogP) is 3.04. The molecule has 7 heteroatoms. The second-order valence-corrected chi connectivity index (χ2v) is 8.20. The molecule has 0 saturated heterocycles. The summed E-state index contributed by atoms with van der Waals surface area (Å²) in [5.41, 5.74) is 0.973. The van der Waals surface area contributed by atoms with E-state index in [4.69, 9.17) is 4.74 Å². The Balaban J connectivity index is 1.89. The Bertz CT molecular complexity index is 1020. The van der Waals surface area contributed by atoms with E-state index in [-0.39, 0.29) is 17.3 Å². The molecule has 0 radical (unpaired) electrons. The lowest BCUT2D eigenvalue weighted by Crippen LogP contribution is -2.32. The van der Waals surface area contributed by atoms with Crippen LogP contribution in [0.2, 0.25) is 0 Å². The van der Waals surface area contributed by atoms with E-state index in [2.05, 4.69) is 10.3 Å². The molecule has 144 valence electrons. The lowest BCUT2D eigenvalue weighted by molar-refractivity contribution is 0.0953. The zero-order valence-electron chi connectivity index (χ0n) is 15.3. The average Bonchev–Trinajstić information content (AvgIpc) is 2.75. The zero-order valence-corrected chi connectivity index (χ0v) is 16.1. The molecule has 0 aliphatic heterocycles. The lowest BCUT2D eigenvalue weighted by atomic mass is 10.2. The van der Waals surface area contributed by atoms with Crippen molar-refractivity contribution >= 4 is 15.7 Å². The first-order chi connectivity index (χ1) is 13.5. The van der Waals surface area contributed by atoms with Gasteiger partial charge in [-0.1, -0.05) is 24.3 Å². The molecule has 0 saturated carbocycles. The van der Waals surface area contributed by atoms with Crippen molar-refractivity contribution in [2.24, 2.45) is 0 Å². The second-order valence-electron chi connectivity index (χ2n) is 6.07. The molecule has 28 heavy (non-hydrogen) atoms. The maximum Gasteiger partial charge on any atom is 0.251 e. The maximum atomic E-state index is 13.3. The third-order valence-corrected chi connectivity index (χ3v) is 6.42. The summed E-state index contributed by atoms with van der Waals surface area (Å²) in [6, 6.07) is 18.2. The first-order valence-electron chi connectivity index (χ1n) is 8.63. The van der Waals surface area contributed by atoms with Crippen LogP contribution in [0.15, 0.2) is 84.0 Å². The van der Waals surface area contributed by atoms with Gasteiger partial charge in [-0.3, -0.25) is 9.78 Å². The van der Waals surface area contributed by atoms with Crippen LogP contribution in [0.3, 0.4) is 0 Å². The summed E-state index contributed by atoms with van der Waals surface area (Å²) in [6.07, 6.45) is 3.07. The Kier molecular flexibility index (Phi) is 6.06. The van der Waals surface area contributed by atoms with Gasteiger partial charge >= 0.3 is 0 Å². The van der Waals surface area contributed by atoms with E-state index >= 15 is 0 Å². The molecule has 2 aromatic carbocycles. The molecular weight excluding hydrogens is 376 g/mol. The van der Waals surface area contributed by atoms with E-state index in [0.29, 0.717) is 16.9 Å². The van der Waals surface area contributed by atoms with Gasteiger partial charge in [0, 0.05) is 24.5 Å². The molecule has 0 spiro atoms. The third-order valence-electron chi connectivity index (χ3n) is 4.30. The topological polar surface area (TPSA) is 85.4 Å². The molecule has 0 fully saturated rings. The van der Waals surface area contributed by atoms with Gasteiger partial charge in [-0.25, -0.2) is 8.42 Å². The Morgan fingerprint density at radius 1 is 1.04 bits per heavy atom. The van der Waals surface area contributed by atoms with Crippen LogP contribution < -0.4 is 10.1 Å². The summed E-state index contributed by atoms with van der Waals surface area (Å²) in [4.78, 5) is 16.6. The van der Waals surface area contributed by atoms with E-state index in [9.17, 15) is 13.2 Å². The zero-order chi connectivity index (χ0) is 20.0. The number of nitrogens with zero attached hydrogens (tertiary/aromatic N) is 1. The maximum absolute atomic E-state index is 13.3. The van der Waals surface area contributed by atoms with Crippen molar-refractivity contribution in [3.63, 3.8) is 0 Å². The molecule has 1 heterocycles. The number of ether oxygens (including phenoxy) is 1. The molecule has 1 amide bonds. The van der Waals surface area contributed by atoms with Crippen molar-refractivity contribution in [1.29, 1.82) is 0 Å². The van der Waals surface area contributed by atoms with E-state index in [1.54, 1.807) is 54.7 Å². The summed E-state index contributed by atoms with van der Waals surface area (Å²) in [5, 5.41) is 1.76. The van der Waals surface area contributed by atoms with Crippen LogP contribution in [0.1, 0.15) is 21.2 Å². The van der Waals surface area contributed by atoms with Gasteiger partial charge in [0.2, 0.25) is 0 Å². The highest BCUT2D eigenvalue weighted by molar-refractivity contribution is 7.91. The third kappa shape index (κ3) is 4.37. The number of carbonyl (C=O) groups excluding carboxylic acids is 1. The van der Waals surface area contributed by atoms with Crippen LogP contribution in [0.25, 0.3) is 0 Å². The first kappa shape index (κ1) is 19.6. The number of rotatable bonds is 7. The lowest BCUT2D eigenvalue weighted by Gasteiger charge is -2.19. The Morgan fingerprint density at radius 2 is 1.75 bits per heavy atom. The van der Waals surface area contributed by atoms with Gasteiger partial charge in [-0.2, -0.15) is 0 Å². The van der Waals surface area contributed by atoms with Crippen molar-refractivity contribution in [3.05, 3.63) is 90.3 Å². The fourth-order valence-electron chi connectivity index (χ4n) is 2.78. The summed E-state index contributed by atoms with van der Waals surface area (Å²) in [7, 11) is -2.25. The van der Waals surface area contributed by atoms with Crippen LogP contribution in [0, 0.1) is 0 Å². The molecule has 1 aromatic heterocycles. The van der Waals surface area contributed by atoms with Crippen molar-refractivity contribution in [2.45, 2.75) is 10.1 Å². The molecule has 6 nitrogen and oxygen atoms in total. The number of carbonyl (C=O) groups is 1. The number of aromatic nitrogens is 1. The Morgan fingerprint density at radius 3 is 2.36 bits per heavy atom. The molecule has 0 aliphatic rings. The second kappa shape index (κ2) is 8.67. The number of hydrogen-bond acceptors (Lipinski definition) is 5. The van der Waals surface area contributed by atoms with Gasteiger partial charge < -0.3 is 10.1 Å². The highest BCUT2D eigenvalue weighted by Crippen LogP contribution is 2.29. The molecule has 1 N–H and O–H groups in total. The van der Waals surface area contributed by atoms with Crippen molar-refractivity contribution < 1.29 is 17.9 Å². The van der Waals surface area contributed by atoms with Crippen molar-refractivity contribution in [1.82, 2.24) is 10.3 Å². The van der Waals surface area contributed by atoms with Gasteiger partial charge in [0.25, 0.3) is 5.91 Å². The van der Waals surface area contributed by atoms with Crippen molar-refractivity contribution in [3.8, 4) is 5.75 Å². The first-order valence-corrected chi connectivity index (χ1v) is 10.2. The van der Waals surface area contributed by atoms with E-state index in [0.717, 1.165) is 0 Å². The summed E-state index contributed by atoms with van der Waals surface area (Å²) >= 11 is 0. The molecular formula is C21H20N2O4S. The molecule has 0 bridgehead atoms. The number of nitrogens with one attached hydrogen (secondary N) is 1. The van der Waals surface area contributed by atoms with Crippen LogP contribution in [0.4, 0.5) is 0 Å². The number of hydrogen-bond donors (Lipinski definition) is 1. The minimum atomic E-state index is -3.77. The van der Waals surface area contributed by atoms with Crippen molar-refractivity contribution in [2.75, 3.05) is 13.7 Å². The Labute approximate surface area is 164 Å². The number of methoxy groups -OCH3 is 1. The van der Waals surface area contributed by atoms with E-state index in [1.165, 1.54) is 25.4 Å². The van der Waals surface area contributed by atoms with Gasteiger partial charge in [-0.15, -0.1) is 0 Å². The van der Waals surface area contributed by atoms with E-state index < -0.39 is 15.1 Å². The molecule has 1 unspecified atom stereocenters. The SMILES string of the molecule is COc1ccc(S(=O)(=O)C(CNC(=O)c2ccccc2)c2cccnc2)cc1. The smallest absolute Gasteiger partial charge is 0.251 e. The summed E-state index contributed by atoms with van der Waals surface area (Å²) in [6.45, 7) is -0.0756.